The van der Waals surface area contributed by atoms with Gasteiger partial charge < -0.3 is 15.4 Å². The van der Waals surface area contributed by atoms with Crippen LogP contribution in [-0.4, -0.2) is 31.5 Å². The zero-order chi connectivity index (χ0) is 24.4. The summed E-state index contributed by atoms with van der Waals surface area (Å²) in [5.74, 6) is -0.0259. The monoisotopic (exact) mass is 462 g/mol. The van der Waals surface area contributed by atoms with Gasteiger partial charge in [0.15, 0.2) is 11.6 Å². The highest BCUT2D eigenvalue weighted by molar-refractivity contribution is 5.87. The number of pyridine rings is 2. The minimum Gasteiger partial charge on any atom is -0.454 e. The Labute approximate surface area is 194 Å². The van der Waals surface area contributed by atoms with Crippen molar-refractivity contribution < 1.29 is 13.9 Å². The number of nitrogens with one attached hydrogen (secondary N) is 2. The van der Waals surface area contributed by atoms with Crippen molar-refractivity contribution in [3.05, 3.63) is 65.0 Å². The molecule has 0 spiro atoms. The molecule has 4 aromatic rings. The van der Waals surface area contributed by atoms with E-state index in [4.69, 9.17) is 4.74 Å². The topological polar surface area (TPSA) is 111 Å². The van der Waals surface area contributed by atoms with E-state index in [1.807, 2.05) is 13.8 Å². The lowest BCUT2D eigenvalue weighted by Gasteiger charge is -2.13. The number of halogens is 1. The molecular weight excluding hydrogens is 439 g/mol. The molecule has 34 heavy (non-hydrogen) atoms. The number of amides is 1. The first kappa shape index (κ1) is 22.8. The van der Waals surface area contributed by atoms with Crippen molar-refractivity contribution in [1.29, 1.82) is 0 Å². The molecule has 0 aliphatic carbocycles. The Balaban J connectivity index is 1.63. The van der Waals surface area contributed by atoms with Crippen molar-refractivity contribution in [2.75, 3.05) is 10.6 Å². The van der Waals surface area contributed by atoms with Crippen LogP contribution in [-0.2, 0) is 11.8 Å². The summed E-state index contributed by atoms with van der Waals surface area (Å²) in [5, 5.41) is 6.36. The van der Waals surface area contributed by atoms with Gasteiger partial charge in [-0.25, -0.2) is 19.3 Å². The molecule has 1 amide bonds. The van der Waals surface area contributed by atoms with Crippen LogP contribution in [0.5, 0.6) is 11.5 Å². The highest BCUT2D eigenvalue weighted by Gasteiger charge is 2.13. The van der Waals surface area contributed by atoms with Crippen molar-refractivity contribution in [3.63, 3.8) is 0 Å². The Bertz CT molecular complexity index is 1450. The molecule has 0 aliphatic heterocycles. The number of fused-ring (bicyclic) bond motifs is 1. The number of hydrogen-bond acceptors (Lipinski definition) is 7. The molecule has 0 aliphatic rings. The second-order valence-electron chi connectivity index (χ2n) is 7.99. The molecule has 174 valence electrons. The smallest absolute Gasteiger partial charge is 0.264 e. The molecule has 0 radical (unpaired) electrons. The van der Waals surface area contributed by atoms with E-state index < -0.39 is 5.82 Å². The van der Waals surface area contributed by atoms with Gasteiger partial charge in [-0.1, -0.05) is 6.07 Å². The van der Waals surface area contributed by atoms with Gasteiger partial charge in [-0.2, -0.15) is 0 Å². The number of nitrogens with zero attached hydrogens (tertiary/aromatic N) is 4. The maximum Gasteiger partial charge on any atom is 0.264 e. The van der Waals surface area contributed by atoms with Crippen LogP contribution in [0.1, 0.15) is 20.8 Å². The molecule has 4 rings (SSSR count). The minimum atomic E-state index is -0.665. The Morgan fingerprint density at radius 3 is 2.65 bits per heavy atom. The zero-order valence-electron chi connectivity index (χ0n) is 19.1. The average molecular weight is 462 g/mol. The summed E-state index contributed by atoms with van der Waals surface area (Å²) in [6, 6.07) is 10.0. The van der Waals surface area contributed by atoms with Gasteiger partial charge in [0.05, 0.1) is 23.0 Å². The molecule has 1 aromatic carbocycles. The lowest BCUT2D eigenvalue weighted by molar-refractivity contribution is -0.114. The van der Waals surface area contributed by atoms with Gasteiger partial charge in [0.1, 0.15) is 11.6 Å². The summed E-state index contributed by atoms with van der Waals surface area (Å²) < 4.78 is 21.3. The van der Waals surface area contributed by atoms with Crippen LogP contribution in [0, 0.1) is 5.82 Å². The second-order valence-corrected chi connectivity index (χ2v) is 7.99. The fourth-order valence-corrected chi connectivity index (χ4v) is 3.30. The second kappa shape index (κ2) is 9.26. The molecule has 2 N–H and O–H groups in total. The van der Waals surface area contributed by atoms with Crippen LogP contribution in [0.25, 0.3) is 22.2 Å². The van der Waals surface area contributed by atoms with Crippen molar-refractivity contribution in [2.45, 2.75) is 26.8 Å². The Morgan fingerprint density at radius 1 is 1.12 bits per heavy atom. The van der Waals surface area contributed by atoms with Gasteiger partial charge in [0.2, 0.25) is 11.9 Å². The van der Waals surface area contributed by atoms with Gasteiger partial charge in [0, 0.05) is 37.7 Å². The number of anilines is 2. The molecular formula is C24H23FN6O3. The van der Waals surface area contributed by atoms with E-state index in [2.05, 4.69) is 25.6 Å². The third-order valence-corrected chi connectivity index (χ3v) is 4.88. The van der Waals surface area contributed by atoms with Crippen molar-refractivity contribution >= 4 is 28.6 Å². The molecule has 0 bridgehead atoms. The highest BCUT2D eigenvalue weighted by Crippen LogP contribution is 2.29. The van der Waals surface area contributed by atoms with E-state index in [1.54, 1.807) is 37.4 Å². The van der Waals surface area contributed by atoms with Crippen LogP contribution >= 0.6 is 0 Å². The zero-order valence-corrected chi connectivity index (χ0v) is 19.1. The fourth-order valence-electron chi connectivity index (χ4n) is 3.30. The predicted octanol–water partition coefficient (Wildman–Crippen LogP) is 4.10. The normalized spacial score (nSPS) is 11.0. The van der Waals surface area contributed by atoms with Crippen LogP contribution in [0.3, 0.4) is 0 Å². The first-order valence-corrected chi connectivity index (χ1v) is 10.6. The predicted molar refractivity (Wildman–Crippen MR) is 128 cm³/mol. The lowest BCUT2D eigenvalue weighted by Crippen LogP contribution is -2.25. The van der Waals surface area contributed by atoms with E-state index in [9.17, 15) is 14.0 Å². The summed E-state index contributed by atoms with van der Waals surface area (Å²) >= 11 is 0. The van der Waals surface area contributed by atoms with Gasteiger partial charge in [0.25, 0.3) is 5.56 Å². The number of hydrogen-bond donors (Lipinski definition) is 2. The molecule has 3 heterocycles. The maximum atomic E-state index is 14.2. The molecule has 0 atom stereocenters. The standard InChI is InChI=1S/C24H23FN6O3/c1-13(2)28-24-27-11-17(23(33)31(24)4)20-7-5-15-9-16(6-8-19(15)30-20)34-21-10-22(29-14(3)32)26-12-18(21)25/h5-13H,1-4H3,(H,27,28)(H,26,29,32). The molecule has 9 nitrogen and oxygen atoms in total. The molecule has 0 unspecified atom stereocenters. The summed E-state index contributed by atoms with van der Waals surface area (Å²) in [5.41, 5.74) is 1.28. The van der Waals surface area contributed by atoms with E-state index in [-0.39, 0.29) is 29.1 Å². The Hall–Kier alpha value is -4.34. The largest absolute Gasteiger partial charge is 0.454 e. The molecule has 10 heteroatoms. The summed E-state index contributed by atoms with van der Waals surface area (Å²) in [6.45, 7) is 5.26. The maximum absolute atomic E-state index is 14.2. The Kier molecular flexibility index (Phi) is 6.22. The molecule has 0 saturated heterocycles. The number of rotatable bonds is 6. The van der Waals surface area contributed by atoms with E-state index in [1.165, 1.54) is 23.8 Å². The van der Waals surface area contributed by atoms with E-state index in [0.717, 1.165) is 11.6 Å². The minimum absolute atomic E-state index is 0.0765. The van der Waals surface area contributed by atoms with Gasteiger partial charge >= 0.3 is 0 Å². The number of carbonyl (C=O) groups excluding carboxylic acids is 1. The van der Waals surface area contributed by atoms with E-state index >= 15 is 0 Å². The quantitative estimate of drug-likeness (QED) is 0.444. The summed E-state index contributed by atoms with van der Waals surface area (Å²) in [6.07, 6.45) is 2.49. The average Bonchev–Trinajstić information content (AvgIpc) is 2.78. The van der Waals surface area contributed by atoms with Crippen molar-refractivity contribution in [1.82, 2.24) is 19.5 Å². The highest BCUT2D eigenvalue weighted by atomic mass is 19.1. The van der Waals surface area contributed by atoms with Crippen LogP contribution in [0.15, 0.2) is 53.6 Å². The van der Waals surface area contributed by atoms with Gasteiger partial charge in [-0.05, 0) is 38.1 Å². The molecule has 0 saturated carbocycles. The number of ether oxygens (including phenoxy) is 1. The lowest BCUT2D eigenvalue weighted by atomic mass is 10.1. The van der Waals surface area contributed by atoms with Gasteiger partial charge in [-0.3, -0.25) is 14.2 Å². The third kappa shape index (κ3) is 4.85. The SMILES string of the molecule is CC(=O)Nc1cc(Oc2ccc3nc(-c4cnc(NC(C)C)n(C)c4=O)ccc3c2)c(F)cn1. The van der Waals surface area contributed by atoms with Crippen LogP contribution in [0.2, 0.25) is 0 Å². The first-order valence-electron chi connectivity index (χ1n) is 10.6. The van der Waals surface area contributed by atoms with Crippen molar-refractivity contribution in [3.8, 4) is 22.8 Å². The molecule has 3 aromatic heterocycles. The van der Waals surface area contributed by atoms with Crippen molar-refractivity contribution in [2.24, 2.45) is 7.05 Å². The van der Waals surface area contributed by atoms with Gasteiger partial charge in [-0.15, -0.1) is 0 Å². The van der Waals surface area contributed by atoms with E-state index in [0.29, 0.717) is 28.5 Å². The first-order chi connectivity index (χ1) is 16.2. The number of benzene rings is 1. The van der Waals surface area contributed by atoms with Crippen LogP contribution < -0.4 is 20.9 Å². The van der Waals surface area contributed by atoms with Crippen LogP contribution in [0.4, 0.5) is 16.2 Å². The number of carbonyl (C=O) groups is 1. The summed E-state index contributed by atoms with van der Waals surface area (Å²) in [4.78, 5) is 36.8. The number of aromatic nitrogens is 4. The fraction of sp³-hybridized carbons (Fsp3) is 0.208. The Morgan fingerprint density at radius 2 is 1.91 bits per heavy atom. The summed E-state index contributed by atoms with van der Waals surface area (Å²) in [7, 11) is 1.66. The molecule has 0 fully saturated rings. The third-order valence-electron chi connectivity index (χ3n) is 4.88.